The Morgan fingerprint density at radius 3 is 2.17 bits per heavy atom. The van der Waals surface area contributed by atoms with E-state index in [1.165, 1.54) is 4.90 Å². The molecule has 9 heteroatoms. The van der Waals surface area contributed by atoms with Crippen molar-refractivity contribution in [3.8, 4) is 0 Å². The van der Waals surface area contributed by atoms with Crippen LogP contribution in [0.25, 0.3) is 0 Å². The summed E-state index contributed by atoms with van der Waals surface area (Å²) in [6.07, 6.45) is 2.11. The second-order valence-corrected chi connectivity index (χ2v) is 13.1. The highest BCUT2D eigenvalue weighted by molar-refractivity contribution is 9.10. The Bertz CT molecular complexity index is 1410. The molecule has 2 atom stereocenters. The van der Waals surface area contributed by atoms with Gasteiger partial charge in [0.2, 0.25) is 21.8 Å². The minimum Gasteiger partial charge on any atom is -0.352 e. The van der Waals surface area contributed by atoms with Crippen molar-refractivity contribution in [3.05, 3.63) is 99.5 Å². The van der Waals surface area contributed by atoms with Crippen molar-refractivity contribution in [2.45, 2.75) is 59.2 Å². The number of sulfonamides is 1. The van der Waals surface area contributed by atoms with Gasteiger partial charge in [-0.15, -0.1) is 0 Å². The average Bonchev–Trinajstić information content (AvgIpc) is 2.90. The largest absolute Gasteiger partial charge is 0.352 e. The summed E-state index contributed by atoms with van der Waals surface area (Å²) in [5, 5.41) is 3.04. The number of carbonyl (C=O) groups excluding carboxylic acids is 2. The van der Waals surface area contributed by atoms with Crippen LogP contribution in [0, 0.1) is 13.8 Å². The summed E-state index contributed by atoms with van der Waals surface area (Å²) in [6.45, 7) is 7.36. The number of hydrogen-bond donors (Lipinski definition) is 1. The molecule has 0 aliphatic heterocycles. The first-order chi connectivity index (χ1) is 18.9. The minimum absolute atomic E-state index is 0.0851. The quantitative estimate of drug-likeness (QED) is 0.292. The summed E-state index contributed by atoms with van der Waals surface area (Å²) in [5.41, 5.74) is 3.89. The molecule has 3 rings (SSSR count). The number of rotatable bonds is 12. The second kappa shape index (κ2) is 13.9. The standard InChI is InChI=1S/C31H38BrN3O4S/c1-6-24(4)33-31(37)29(19-25-10-8-7-9-11-25)34(20-26-13-15-27(32)16-14-26)30(36)21-35(40(5,38)39)28-17-12-22(2)18-23(28)3/h7-18,24,29H,6,19-21H2,1-5H3,(H,33,37)/t24-,29+/m1/s1. The van der Waals surface area contributed by atoms with Gasteiger partial charge >= 0.3 is 0 Å². The zero-order chi connectivity index (χ0) is 29.4. The van der Waals surface area contributed by atoms with E-state index in [9.17, 15) is 18.0 Å². The van der Waals surface area contributed by atoms with Crippen molar-refractivity contribution in [2.75, 3.05) is 17.1 Å². The molecule has 2 amide bonds. The first-order valence-corrected chi connectivity index (χ1v) is 16.0. The molecule has 214 valence electrons. The van der Waals surface area contributed by atoms with Gasteiger partial charge in [-0.25, -0.2) is 8.42 Å². The van der Waals surface area contributed by atoms with Crippen LogP contribution in [0.4, 0.5) is 5.69 Å². The lowest BCUT2D eigenvalue weighted by atomic mass is 10.0. The summed E-state index contributed by atoms with van der Waals surface area (Å²) in [6, 6.07) is 21.5. The number of anilines is 1. The molecule has 3 aromatic rings. The van der Waals surface area contributed by atoms with Gasteiger partial charge < -0.3 is 10.2 Å². The second-order valence-electron chi connectivity index (χ2n) is 10.2. The van der Waals surface area contributed by atoms with Crippen molar-refractivity contribution in [3.63, 3.8) is 0 Å². The summed E-state index contributed by atoms with van der Waals surface area (Å²) in [7, 11) is -3.81. The van der Waals surface area contributed by atoms with Gasteiger partial charge in [0, 0.05) is 23.5 Å². The molecule has 0 unspecified atom stereocenters. The smallest absolute Gasteiger partial charge is 0.244 e. The SMILES string of the molecule is CC[C@@H](C)NC(=O)[C@H](Cc1ccccc1)N(Cc1ccc(Br)cc1)C(=O)CN(c1ccc(C)cc1C)S(C)(=O)=O. The maximum absolute atomic E-state index is 14.1. The van der Waals surface area contributed by atoms with E-state index in [2.05, 4.69) is 21.2 Å². The molecule has 0 saturated carbocycles. The van der Waals surface area contributed by atoms with Crippen molar-refractivity contribution >= 4 is 43.5 Å². The predicted octanol–water partition coefficient (Wildman–Crippen LogP) is 5.39. The number of amides is 2. The minimum atomic E-state index is -3.81. The predicted molar refractivity (Wildman–Crippen MR) is 165 cm³/mol. The molecule has 1 N–H and O–H groups in total. The molecule has 0 radical (unpaired) electrons. The van der Waals surface area contributed by atoms with Crippen molar-refractivity contribution < 1.29 is 18.0 Å². The van der Waals surface area contributed by atoms with Gasteiger partial charge in [-0.1, -0.05) is 83.0 Å². The lowest BCUT2D eigenvalue weighted by molar-refractivity contribution is -0.140. The number of halogens is 1. The van der Waals surface area contributed by atoms with Crippen LogP contribution in [0.1, 0.15) is 42.5 Å². The van der Waals surface area contributed by atoms with Crippen LogP contribution in [0.2, 0.25) is 0 Å². The number of hydrogen-bond acceptors (Lipinski definition) is 4. The maximum atomic E-state index is 14.1. The van der Waals surface area contributed by atoms with Crippen LogP contribution >= 0.6 is 15.9 Å². The van der Waals surface area contributed by atoms with Crippen LogP contribution in [0.3, 0.4) is 0 Å². The third kappa shape index (κ3) is 8.66. The molecular formula is C31H38BrN3O4S. The van der Waals surface area contributed by atoms with Crippen LogP contribution in [0.5, 0.6) is 0 Å². The molecule has 0 fully saturated rings. The number of nitrogens with zero attached hydrogens (tertiary/aromatic N) is 2. The fraction of sp³-hybridized carbons (Fsp3) is 0.355. The Morgan fingerprint density at radius 1 is 0.950 bits per heavy atom. The van der Waals surface area contributed by atoms with E-state index in [0.717, 1.165) is 43.7 Å². The highest BCUT2D eigenvalue weighted by Crippen LogP contribution is 2.25. The van der Waals surface area contributed by atoms with E-state index >= 15 is 0 Å². The molecular weight excluding hydrogens is 590 g/mol. The van der Waals surface area contributed by atoms with Crippen molar-refractivity contribution in [2.24, 2.45) is 0 Å². The lowest BCUT2D eigenvalue weighted by Crippen LogP contribution is -2.54. The summed E-state index contributed by atoms with van der Waals surface area (Å²) < 4.78 is 28.0. The number of aryl methyl sites for hydroxylation is 2. The third-order valence-corrected chi connectivity index (χ3v) is 8.49. The Morgan fingerprint density at radius 2 is 1.60 bits per heavy atom. The highest BCUT2D eigenvalue weighted by atomic mass is 79.9. The first-order valence-electron chi connectivity index (χ1n) is 13.3. The van der Waals surface area contributed by atoms with Gasteiger partial charge in [0.15, 0.2) is 0 Å². The van der Waals surface area contributed by atoms with E-state index < -0.39 is 28.5 Å². The fourth-order valence-electron chi connectivity index (χ4n) is 4.46. The molecule has 40 heavy (non-hydrogen) atoms. The van der Waals surface area contributed by atoms with Gasteiger partial charge in [-0.2, -0.15) is 0 Å². The van der Waals surface area contributed by atoms with E-state index in [4.69, 9.17) is 0 Å². The third-order valence-electron chi connectivity index (χ3n) is 6.84. The number of carbonyl (C=O) groups is 2. The molecule has 0 spiro atoms. The average molecular weight is 629 g/mol. The van der Waals surface area contributed by atoms with Gasteiger partial charge in [-0.3, -0.25) is 13.9 Å². The van der Waals surface area contributed by atoms with Gasteiger partial charge in [0.25, 0.3) is 0 Å². The van der Waals surface area contributed by atoms with Gasteiger partial charge in [0.1, 0.15) is 12.6 Å². The number of nitrogens with one attached hydrogen (secondary N) is 1. The van der Waals surface area contributed by atoms with Crippen LogP contribution in [-0.2, 0) is 32.6 Å². The van der Waals surface area contributed by atoms with Crippen LogP contribution < -0.4 is 9.62 Å². The Kier molecular flexibility index (Phi) is 10.9. The lowest BCUT2D eigenvalue weighted by Gasteiger charge is -2.34. The summed E-state index contributed by atoms with van der Waals surface area (Å²) in [4.78, 5) is 29.4. The summed E-state index contributed by atoms with van der Waals surface area (Å²) in [5.74, 6) is -0.741. The van der Waals surface area contributed by atoms with E-state index in [0.29, 0.717) is 5.69 Å². The normalized spacial score (nSPS) is 12.8. The molecule has 0 aromatic heterocycles. The Balaban J connectivity index is 2.07. The van der Waals surface area contributed by atoms with E-state index in [1.807, 2.05) is 94.4 Å². The van der Waals surface area contributed by atoms with Crippen molar-refractivity contribution in [1.29, 1.82) is 0 Å². The van der Waals surface area contributed by atoms with Gasteiger partial charge in [-0.05, 0) is 62.1 Å². The number of benzene rings is 3. The van der Waals surface area contributed by atoms with Crippen LogP contribution in [-0.4, -0.2) is 50.0 Å². The molecule has 0 bridgehead atoms. The van der Waals surface area contributed by atoms with Crippen LogP contribution in [0.15, 0.2) is 77.3 Å². The van der Waals surface area contributed by atoms with Crippen molar-refractivity contribution in [1.82, 2.24) is 10.2 Å². The molecule has 0 heterocycles. The summed E-state index contributed by atoms with van der Waals surface area (Å²) >= 11 is 3.45. The fourth-order valence-corrected chi connectivity index (χ4v) is 5.63. The van der Waals surface area contributed by atoms with E-state index in [1.54, 1.807) is 6.07 Å². The van der Waals surface area contributed by atoms with Gasteiger partial charge in [0.05, 0.1) is 11.9 Å². The zero-order valence-electron chi connectivity index (χ0n) is 23.7. The Hall–Kier alpha value is -3.17. The molecule has 0 aliphatic carbocycles. The molecule has 3 aromatic carbocycles. The Labute approximate surface area is 246 Å². The topological polar surface area (TPSA) is 86.8 Å². The maximum Gasteiger partial charge on any atom is 0.244 e. The molecule has 0 saturated heterocycles. The molecule has 7 nitrogen and oxygen atoms in total. The monoisotopic (exact) mass is 627 g/mol. The highest BCUT2D eigenvalue weighted by Gasteiger charge is 2.33. The van der Waals surface area contributed by atoms with E-state index in [-0.39, 0.29) is 24.9 Å². The first kappa shape index (κ1) is 31.4. The molecule has 0 aliphatic rings. The zero-order valence-corrected chi connectivity index (χ0v) is 26.1.